The number of rotatable bonds is 6. The summed E-state index contributed by atoms with van der Waals surface area (Å²) in [6, 6.07) is 10.5. The van der Waals surface area contributed by atoms with Gasteiger partial charge >= 0.3 is 5.97 Å². The summed E-state index contributed by atoms with van der Waals surface area (Å²) in [5.41, 5.74) is 0.485. The minimum atomic E-state index is -0.349. The molecule has 3 aromatic rings. The van der Waals surface area contributed by atoms with Crippen LogP contribution in [0.5, 0.6) is 5.75 Å². The molecule has 0 atom stereocenters. The molecule has 0 radical (unpaired) electrons. The van der Waals surface area contributed by atoms with E-state index in [2.05, 4.69) is 10.1 Å². The van der Waals surface area contributed by atoms with Gasteiger partial charge in [0.2, 0.25) is 5.82 Å². The molecule has 2 aromatic heterocycles. The number of nitrogens with zero attached hydrogens (tertiary/aromatic N) is 2. The number of hydrogen-bond acceptors (Lipinski definition) is 7. The number of carbonyl (C=O) groups is 1. The largest absolute Gasteiger partial charge is 0.485 e. The lowest BCUT2D eigenvalue weighted by molar-refractivity contribution is 0.0526. The molecular weight excluding hydrogens is 316 g/mol. The van der Waals surface area contributed by atoms with Crippen molar-refractivity contribution >= 4 is 17.3 Å². The van der Waals surface area contributed by atoms with Crippen molar-refractivity contribution in [1.29, 1.82) is 0 Å². The van der Waals surface area contributed by atoms with E-state index in [1.807, 2.05) is 17.5 Å². The first kappa shape index (κ1) is 15.2. The molecule has 0 bridgehead atoms. The van der Waals surface area contributed by atoms with E-state index in [0.717, 1.165) is 4.88 Å². The van der Waals surface area contributed by atoms with Gasteiger partial charge in [-0.3, -0.25) is 0 Å². The molecule has 0 saturated carbocycles. The van der Waals surface area contributed by atoms with Crippen LogP contribution in [-0.2, 0) is 11.3 Å². The lowest BCUT2D eigenvalue weighted by Crippen LogP contribution is -2.04. The summed E-state index contributed by atoms with van der Waals surface area (Å²) in [5.74, 6) is 1.21. The monoisotopic (exact) mass is 330 g/mol. The second kappa shape index (κ2) is 7.06. The van der Waals surface area contributed by atoms with Crippen LogP contribution in [0, 0.1) is 0 Å². The van der Waals surface area contributed by atoms with Crippen LogP contribution in [0.15, 0.2) is 46.3 Å². The topological polar surface area (TPSA) is 74.5 Å². The van der Waals surface area contributed by atoms with Crippen LogP contribution in [0.3, 0.4) is 0 Å². The number of thiophene rings is 1. The quantitative estimate of drug-likeness (QED) is 0.643. The zero-order chi connectivity index (χ0) is 16.1. The highest BCUT2D eigenvalue weighted by molar-refractivity contribution is 7.13. The third-order valence-corrected chi connectivity index (χ3v) is 3.79. The summed E-state index contributed by atoms with van der Waals surface area (Å²) >= 11 is 1.53. The van der Waals surface area contributed by atoms with E-state index in [0.29, 0.717) is 29.6 Å². The van der Waals surface area contributed by atoms with E-state index in [4.69, 9.17) is 14.0 Å². The average Bonchev–Trinajstić information content (AvgIpc) is 3.25. The van der Waals surface area contributed by atoms with Crippen molar-refractivity contribution in [2.75, 3.05) is 6.61 Å². The first-order chi connectivity index (χ1) is 11.3. The SMILES string of the molecule is CCOC(=O)c1ccc(OCc2noc(-c3cccs3)n2)cc1. The summed E-state index contributed by atoms with van der Waals surface area (Å²) in [6.07, 6.45) is 0. The lowest BCUT2D eigenvalue weighted by Gasteiger charge is -2.05. The third kappa shape index (κ3) is 3.75. The van der Waals surface area contributed by atoms with Crippen molar-refractivity contribution in [3.8, 4) is 16.5 Å². The Bertz CT molecular complexity index is 766. The van der Waals surface area contributed by atoms with Crippen LogP contribution in [0.2, 0.25) is 0 Å². The highest BCUT2D eigenvalue weighted by Gasteiger charge is 2.10. The molecule has 1 aromatic carbocycles. The minimum absolute atomic E-state index is 0.188. The molecular formula is C16H14N2O4S. The predicted molar refractivity (Wildman–Crippen MR) is 84.3 cm³/mol. The standard InChI is InChI=1S/C16H14N2O4S/c1-2-20-16(19)11-5-7-12(8-6-11)21-10-14-17-15(22-18-14)13-4-3-9-23-13/h3-9H,2,10H2,1H3. The smallest absolute Gasteiger partial charge is 0.338 e. The highest BCUT2D eigenvalue weighted by Crippen LogP contribution is 2.22. The fourth-order valence-corrected chi connectivity index (χ4v) is 2.51. The van der Waals surface area contributed by atoms with Gasteiger partial charge in [0.15, 0.2) is 6.61 Å². The van der Waals surface area contributed by atoms with Gasteiger partial charge in [0.25, 0.3) is 5.89 Å². The first-order valence-corrected chi connectivity index (χ1v) is 7.90. The molecule has 0 aliphatic rings. The number of carbonyl (C=O) groups excluding carboxylic acids is 1. The maximum absolute atomic E-state index is 11.6. The van der Waals surface area contributed by atoms with E-state index < -0.39 is 0 Å². The van der Waals surface area contributed by atoms with Crippen molar-refractivity contribution in [2.45, 2.75) is 13.5 Å². The van der Waals surface area contributed by atoms with E-state index in [9.17, 15) is 4.79 Å². The van der Waals surface area contributed by atoms with Crippen LogP contribution in [-0.4, -0.2) is 22.7 Å². The summed E-state index contributed by atoms with van der Waals surface area (Å²) in [4.78, 5) is 16.7. The summed E-state index contributed by atoms with van der Waals surface area (Å²) in [7, 11) is 0. The molecule has 3 rings (SSSR count). The Morgan fingerprint density at radius 3 is 2.78 bits per heavy atom. The van der Waals surface area contributed by atoms with Crippen LogP contribution >= 0.6 is 11.3 Å². The Balaban J connectivity index is 1.59. The normalized spacial score (nSPS) is 10.5. The van der Waals surface area contributed by atoms with E-state index in [-0.39, 0.29) is 12.6 Å². The summed E-state index contributed by atoms with van der Waals surface area (Å²) in [6.45, 7) is 2.31. The van der Waals surface area contributed by atoms with Crippen molar-refractivity contribution in [3.05, 3.63) is 53.2 Å². The van der Waals surface area contributed by atoms with Crippen LogP contribution < -0.4 is 4.74 Å². The number of hydrogen-bond donors (Lipinski definition) is 0. The zero-order valence-corrected chi connectivity index (χ0v) is 13.2. The molecule has 2 heterocycles. The summed E-state index contributed by atoms with van der Waals surface area (Å²) < 4.78 is 15.7. The predicted octanol–water partition coefficient (Wildman–Crippen LogP) is 3.55. The van der Waals surface area contributed by atoms with Gasteiger partial charge in [-0.15, -0.1) is 11.3 Å². The van der Waals surface area contributed by atoms with Crippen molar-refractivity contribution in [2.24, 2.45) is 0 Å². The Morgan fingerprint density at radius 2 is 2.09 bits per heavy atom. The Morgan fingerprint density at radius 1 is 1.26 bits per heavy atom. The number of esters is 1. The van der Waals surface area contributed by atoms with Gasteiger partial charge in [-0.1, -0.05) is 11.2 Å². The third-order valence-electron chi connectivity index (χ3n) is 2.93. The number of aromatic nitrogens is 2. The molecule has 0 spiro atoms. The Labute approximate surface area is 136 Å². The van der Waals surface area contributed by atoms with Crippen molar-refractivity contribution in [3.63, 3.8) is 0 Å². The van der Waals surface area contributed by atoms with Gasteiger partial charge in [0.1, 0.15) is 5.75 Å². The van der Waals surface area contributed by atoms with E-state index in [1.165, 1.54) is 11.3 Å². The minimum Gasteiger partial charge on any atom is -0.485 e. The Kier molecular flexibility index (Phi) is 4.68. The second-order valence-corrected chi connectivity index (χ2v) is 5.47. The van der Waals surface area contributed by atoms with Crippen molar-refractivity contribution < 1.29 is 18.8 Å². The van der Waals surface area contributed by atoms with E-state index in [1.54, 1.807) is 31.2 Å². The van der Waals surface area contributed by atoms with Crippen LogP contribution in [0.4, 0.5) is 0 Å². The molecule has 0 N–H and O–H groups in total. The molecule has 6 nitrogen and oxygen atoms in total. The molecule has 0 fully saturated rings. The van der Waals surface area contributed by atoms with Gasteiger partial charge < -0.3 is 14.0 Å². The molecule has 0 aliphatic heterocycles. The Hall–Kier alpha value is -2.67. The maximum Gasteiger partial charge on any atom is 0.338 e. The van der Waals surface area contributed by atoms with Crippen molar-refractivity contribution in [1.82, 2.24) is 10.1 Å². The number of benzene rings is 1. The van der Waals surface area contributed by atoms with Gasteiger partial charge in [-0.05, 0) is 42.6 Å². The molecule has 23 heavy (non-hydrogen) atoms. The molecule has 0 saturated heterocycles. The molecule has 7 heteroatoms. The van der Waals surface area contributed by atoms with Crippen LogP contribution in [0.25, 0.3) is 10.8 Å². The average molecular weight is 330 g/mol. The fraction of sp³-hybridized carbons (Fsp3) is 0.188. The highest BCUT2D eigenvalue weighted by atomic mass is 32.1. The lowest BCUT2D eigenvalue weighted by atomic mass is 10.2. The van der Waals surface area contributed by atoms with Crippen LogP contribution in [0.1, 0.15) is 23.1 Å². The summed E-state index contributed by atoms with van der Waals surface area (Å²) in [5, 5.41) is 5.82. The van der Waals surface area contributed by atoms with Gasteiger partial charge in [0.05, 0.1) is 17.0 Å². The maximum atomic E-state index is 11.6. The number of ether oxygens (including phenoxy) is 2. The van der Waals surface area contributed by atoms with Gasteiger partial charge in [-0.2, -0.15) is 4.98 Å². The molecule has 118 valence electrons. The fourth-order valence-electron chi connectivity index (χ4n) is 1.86. The molecule has 0 unspecified atom stereocenters. The van der Waals surface area contributed by atoms with Gasteiger partial charge in [-0.25, -0.2) is 4.79 Å². The first-order valence-electron chi connectivity index (χ1n) is 7.02. The zero-order valence-electron chi connectivity index (χ0n) is 12.4. The second-order valence-electron chi connectivity index (χ2n) is 4.53. The molecule has 0 amide bonds. The van der Waals surface area contributed by atoms with Gasteiger partial charge in [0, 0.05) is 0 Å². The van der Waals surface area contributed by atoms with E-state index >= 15 is 0 Å². The molecule has 0 aliphatic carbocycles.